The molecule has 0 saturated heterocycles. The first-order chi connectivity index (χ1) is 6.88. The minimum atomic E-state index is 0.935. The van der Waals surface area contributed by atoms with Crippen LogP contribution in [0.25, 0.3) is 0 Å². The van der Waals surface area contributed by atoms with E-state index in [4.69, 9.17) is 12.2 Å². The van der Waals surface area contributed by atoms with Crippen LogP contribution < -0.4 is 5.32 Å². The molecule has 1 aromatic carbocycles. The highest BCUT2D eigenvalue weighted by Crippen LogP contribution is 2.11. The summed E-state index contributed by atoms with van der Waals surface area (Å²) in [5.41, 5.74) is 4.50. The Morgan fingerprint density at radius 2 is 1.86 bits per heavy atom. The quantitative estimate of drug-likeness (QED) is 0.568. The van der Waals surface area contributed by atoms with E-state index in [1.165, 1.54) is 24.0 Å². The molecular formula is C12H17NS. The first-order valence-electron chi connectivity index (χ1n) is 5.12. The lowest BCUT2D eigenvalue weighted by Gasteiger charge is -2.07. The second kappa shape index (κ2) is 6.55. The maximum Gasteiger partial charge on any atom is 0.0614 e. The summed E-state index contributed by atoms with van der Waals surface area (Å²) in [7, 11) is 0. The number of thiocarbonyl (C=S) groups is 1. The van der Waals surface area contributed by atoms with Gasteiger partial charge in [-0.25, -0.2) is 0 Å². The number of aryl methyl sites for hydroxylation is 1. The van der Waals surface area contributed by atoms with Crippen LogP contribution in [0.15, 0.2) is 24.3 Å². The second-order valence-corrected chi connectivity index (χ2v) is 3.58. The van der Waals surface area contributed by atoms with E-state index in [9.17, 15) is 0 Å². The maximum atomic E-state index is 4.72. The third kappa shape index (κ3) is 3.46. The maximum absolute atomic E-state index is 4.72. The summed E-state index contributed by atoms with van der Waals surface area (Å²) < 4.78 is 0. The number of hydrogen-bond donors (Lipinski definition) is 1. The van der Waals surface area contributed by atoms with Crippen LogP contribution in [0.2, 0.25) is 0 Å². The van der Waals surface area contributed by atoms with Gasteiger partial charge in [-0.2, -0.15) is 0 Å². The third-order valence-electron chi connectivity index (χ3n) is 2.26. The molecule has 14 heavy (non-hydrogen) atoms. The molecule has 2 heteroatoms. The highest BCUT2D eigenvalue weighted by atomic mass is 32.1. The van der Waals surface area contributed by atoms with Gasteiger partial charge < -0.3 is 5.32 Å². The van der Waals surface area contributed by atoms with Gasteiger partial charge >= 0.3 is 0 Å². The molecular weight excluding hydrogens is 190 g/mol. The zero-order valence-electron chi connectivity index (χ0n) is 8.62. The van der Waals surface area contributed by atoms with E-state index in [1.807, 2.05) is 0 Å². The summed E-state index contributed by atoms with van der Waals surface area (Å²) in [5, 5.41) is 3.06. The number of hydrogen-bond acceptors (Lipinski definition) is 1. The van der Waals surface area contributed by atoms with Gasteiger partial charge in [0.15, 0.2) is 0 Å². The molecule has 0 spiro atoms. The Labute approximate surface area is 91.5 Å². The van der Waals surface area contributed by atoms with Crippen molar-refractivity contribution in [3.8, 4) is 0 Å². The van der Waals surface area contributed by atoms with Gasteiger partial charge in [0.2, 0.25) is 0 Å². The molecule has 0 aliphatic carbocycles. The van der Waals surface area contributed by atoms with E-state index in [0.717, 1.165) is 13.0 Å². The molecule has 76 valence electrons. The van der Waals surface area contributed by atoms with Crippen molar-refractivity contribution in [2.75, 3.05) is 6.54 Å². The summed E-state index contributed by atoms with van der Waals surface area (Å²) in [6.45, 7) is 3.15. The second-order valence-electron chi connectivity index (χ2n) is 3.34. The molecule has 0 heterocycles. The van der Waals surface area contributed by atoms with Crippen molar-refractivity contribution >= 4 is 17.7 Å². The highest BCUT2D eigenvalue weighted by Gasteiger charge is 1.99. The lowest BCUT2D eigenvalue weighted by molar-refractivity contribution is 0.848. The largest absolute Gasteiger partial charge is 0.382 e. The summed E-state index contributed by atoms with van der Waals surface area (Å²) >= 11 is 4.72. The molecule has 0 unspecified atom stereocenters. The number of rotatable bonds is 6. The smallest absolute Gasteiger partial charge is 0.0614 e. The van der Waals surface area contributed by atoms with Crippen molar-refractivity contribution in [1.82, 2.24) is 5.32 Å². The SMILES string of the molecule is CCCc1ccccc1CCNC=S. The van der Waals surface area contributed by atoms with Crippen LogP contribution in [0.4, 0.5) is 0 Å². The Morgan fingerprint density at radius 1 is 1.21 bits per heavy atom. The van der Waals surface area contributed by atoms with Crippen LogP contribution in [-0.2, 0) is 12.8 Å². The highest BCUT2D eigenvalue weighted by molar-refractivity contribution is 7.78. The molecule has 0 radical (unpaired) electrons. The van der Waals surface area contributed by atoms with Crippen LogP contribution >= 0.6 is 12.2 Å². The molecule has 0 atom stereocenters. The number of nitrogens with one attached hydrogen (secondary N) is 1. The van der Waals surface area contributed by atoms with Gasteiger partial charge in [-0.1, -0.05) is 49.8 Å². The van der Waals surface area contributed by atoms with E-state index in [-0.39, 0.29) is 0 Å². The lowest BCUT2D eigenvalue weighted by atomic mass is 10.0. The van der Waals surface area contributed by atoms with Crippen LogP contribution in [0.3, 0.4) is 0 Å². The fourth-order valence-electron chi connectivity index (χ4n) is 1.58. The fourth-order valence-corrected chi connectivity index (χ4v) is 1.70. The predicted octanol–water partition coefficient (Wildman–Crippen LogP) is 2.73. The van der Waals surface area contributed by atoms with E-state index in [1.54, 1.807) is 5.49 Å². The molecule has 1 N–H and O–H groups in total. The van der Waals surface area contributed by atoms with Gasteiger partial charge in [-0.15, -0.1) is 0 Å². The molecule has 1 aromatic rings. The van der Waals surface area contributed by atoms with Gasteiger partial charge in [0.1, 0.15) is 0 Å². The zero-order valence-corrected chi connectivity index (χ0v) is 9.44. The van der Waals surface area contributed by atoms with E-state index >= 15 is 0 Å². The average Bonchev–Trinajstić information content (AvgIpc) is 2.21. The van der Waals surface area contributed by atoms with Gasteiger partial charge in [-0.3, -0.25) is 0 Å². The Morgan fingerprint density at radius 3 is 2.43 bits per heavy atom. The van der Waals surface area contributed by atoms with Crippen molar-refractivity contribution in [3.05, 3.63) is 35.4 Å². The van der Waals surface area contributed by atoms with E-state index < -0.39 is 0 Å². The van der Waals surface area contributed by atoms with Crippen molar-refractivity contribution < 1.29 is 0 Å². The standard InChI is InChI=1S/C12H17NS/c1-2-5-11-6-3-4-7-12(11)8-9-13-10-14/h3-4,6-7,10H,2,5,8-9H2,1H3,(H,13,14). The van der Waals surface area contributed by atoms with Crippen molar-refractivity contribution in [2.45, 2.75) is 26.2 Å². The first kappa shape index (κ1) is 11.2. The molecule has 1 rings (SSSR count). The fraction of sp³-hybridized carbons (Fsp3) is 0.417. The normalized spacial score (nSPS) is 9.79. The minimum Gasteiger partial charge on any atom is -0.382 e. The Hall–Kier alpha value is -0.890. The zero-order chi connectivity index (χ0) is 10.2. The molecule has 0 fully saturated rings. The molecule has 0 bridgehead atoms. The summed E-state index contributed by atoms with van der Waals surface area (Å²) in [5.74, 6) is 0. The molecule has 0 aliphatic rings. The van der Waals surface area contributed by atoms with Gasteiger partial charge in [0, 0.05) is 6.54 Å². The van der Waals surface area contributed by atoms with Crippen LogP contribution in [0.5, 0.6) is 0 Å². The Kier molecular flexibility index (Phi) is 5.23. The summed E-state index contributed by atoms with van der Waals surface area (Å²) in [4.78, 5) is 0. The summed E-state index contributed by atoms with van der Waals surface area (Å²) in [6, 6.07) is 8.64. The molecule has 0 amide bonds. The van der Waals surface area contributed by atoms with E-state index in [0.29, 0.717) is 0 Å². The Bertz CT molecular complexity index is 283. The molecule has 0 aliphatic heterocycles. The van der Waals surface area contributed by atoms with Crippen LogP contribution in [-0.4, -0.2) is 12.0 Å². The molecule has 1 nitrogen and oxygen atoms in total. The van der Waals surface area contributed by atoms with Crippen molar-refractivity contribution in [3.63, 3.8) is 0 Å². The average molecular weight is 207 g/mol. The van der Waals surface area contributed by atoms with Gasteiger partial charge in [0.05, 0.1) is 5.49 Å². The number of benzene rings is 1. The van der Waals surface area contributed by atoms with Crippen molar-refractivity contribution in [2.24, 2.45) is 0 Å². The van der Waals surface area contributed by atoms with Crippen molar-refractivity contribution in [1.29, 1.82) is 0 Å². The van der Waals surface area contributed by atoms with E-state index in [2.05, 4.69) is 36.5 Å². The van der Waals surface area contributed by atoms with Crippen LogP contribution in [0, 0.1) is 0 Å². The monoisotopic (exact) mass is 207 g/mol. The third-order valence-corrected chi connectivity index (χ3v) is 2.43. The van der Waals surface area contributed by atoms with Gasteiger partial charge in [-0.05, 0) is 24.0 Å². The topological polar surface area (TPSA) is 12.0 Å². The lowest BCUT2D eigenvalue weighted by Crippen LogP contribution is -2.14. The minimum absolute atomic E-state index is 0.935. The Balaban J connectivity index is 2.59. The summed E-state index contributed by atoms with van der Waals surface area (Å²) in [6.07, 6.45) is 3.44. The van der Waals surface area contributed by atoms with Gasteiger partial charge in [0.25, 0.3) is 0 Å². The molecule has 0 saturated carbocycles. The predicted molar refractivity (Wildman–Crippen MR) is 65.8 cm³/mol. The van der Waals surface area contributed by atoms with Crippen LogP contribution in [0.1, 0.15) is 24.5 Å². The molecule has 0 aromatic heterocycles. The first-order valence-corrected chi connectivity index (χ1v) is 5.59.